The van der Waals surface area contributed by atoms with E-state index in [0.29, 0.717) is 11.1 Å². The lowest BCUT2D eigenvalue weighted by molar-refractivity contribution is -0.140. The molecule has 1 fully saturated rings. The normalized spacial score (nSPS) is 22.0. The summed E-state index contributed by atoms with van der Waals surface area (Å²) in [6.07, 6.45) is -0.718. The molecule has 1 aliphatic rings. The number of carbonyl (C=O) groups excluding carboxylic acids is 3. The minimum absolute atomic E-state index is 0.0840. The highest BCUT2D eigenvalue weighted by Crippen LogP contribution is 2.25. The maximum atomic E-state index is 12.1. The van der Waals surface area contributed by atoms with Crippen LogP contribution in [0, 0.1) is 5.92 Å². The molecule has 0 aliphatic carbocycles. The Morgan fingerprint density at radius 2 is 1.86 bits per heavy atom. The fourth-order valence-electron chi connectivity index (χ4n) is 2.37. The number of Topliss-reactive ketones (excluding diaryl/α,β-unsaturated/α-hetero) is 1. The van der Waals surface area contributed by atoms with Crippen LogP contribution in [0.5, 0.6) is 0 Å². The van der Waals surface area contributed by atoms with Gasteiger partial charge in [0.05, 0.1) is 18.1 Å². The zero-order valence-corrected chi connectivity index (χ0v) is 11.9. The Balaban J connectivity index is 2.01. The smallest absolute Gasteiger partial charge is 0.251 e. The average molecular weight is 289 g/mol. The van der Waals surface area contributed by atoms with Gasteiger partial charge < -0.3 is 10.4 Å². The summed E-state index contributed by atoms with van der Waals surface area (Å²) in [6, 6.07) is 5.83. The Morgan fingerprint density at radius 1 is 1.29 bits per heavy atom. The summed E-state index contributed by atoms with van der Waals surface area (Å²) in [5, 5.41) is 15.7. The molecule has 1 aliphatic heterocycles. The van der Waals surface area contributed by atoms with E-state index < -0.39 is 18.1 Å². The lowest BCUT2D eigenvalue weighted by Gasteiger charge is -2.35. The SMILES string of the molecule is CNC(=O)c1ccc(C(=O)C[C@H]2[N]C(=O)[C@@H]2[C@@H](C)O)cc1. The van der Waals surface area contributed by atoms with Crippen LogP contribution in [0.25, 0.3) is 0 Å². The predicted molar refractivity (Wildman–Crippen MR) is 74.9 cm³/mol. The first-order valence-electron chi connectivity index (χ1n) is 6.72. The van der Waals surface area contributed by atoms with Crippen LogP contribution in [0.4, 0.5) is 0 Å². The molecule has 0 spiro atoms. The lowest BCUT2D eigenvalue weighted by Crippen LogP contribution is -2.57. The van der Waals surface area contributed by atoms with Crippen LogP contribution in [0.3, 0.4) is 0 Å². The molecule has 1 aromatic rings. The standard InChI is InChI=1S/C15H17N2O4/c1-8(18)13-11(17-15(13)21)7-12(19)9-3-5-10(6-4-9)14(20)16-2/h3-6,8,11,13,18H,7H2,1-2H3,(H,16,20)/t8-,11-,13-/m1/s1. The number of hydrogen-bond acceptors (Lipinski definition) is 4. The highest BCUT2D eigenvalue weighted by atomic mass is 16.3. The molecule has 3 atom stereocenters. The summed E-state index contributed by atoms with van der Waals surface area (Å²) in [6.45, 7) is 1.52. The van der Waals surface area contributed by atoms with E-state index in [2.05, 4.69) is 10.6 Å². The third-order valence-corrected chi connectivity index (χ3v) is 3.60. The minimum Gasteiger partial charge on any atom is -0.393 e. The van der Waals surface area contributed by atoms with Gasteiger partial charge in [-0.2, -0.15) is 0 Å². The highest BCUT2D eigenvalue weighted by Gasteiger charge is 2.45. The summed E-state index contributed by atoms with van der Waals surface area (Å²) in [5.41, 5.74) is 0.931. The second kappa shape index (κ2) is 6.05. The quantitative estimate of drug-likeness (QED) is 0.594. The summed E-state index contributed by atoms with van der Waals surface area (Å²) < 4.78 is 0. The summed E-state index contributed by atoms with van der Waals surface area (Å²) in [5.74, 6) is -1.31. The summed E-state index contributed by atoms with van der Waals surface area (Å²) in [4.78, 5) is 34.8. The number of ketones is 1. The van der Waals surface area contributed by atoms with E-state index in [9.17, 15) is 19.5 Å². The van der Waals surface area contributed by atoms with Crippen molar-refractivity contribution in [2.45, 2.75) is 25.5 Å². The van der Waals surface area contributed by atoms with Gasteiger partial charge in [0.25, 0.3) is 5.91 Å². The van der Waals surface area contributed by atoms with E-state index in [1.54, 1.807) is 24.3 Å². The van der Waals surface area contributed by atoms with E-state index in [1.165, 1.54) is 14.0 Å². The topological polar surface area (TPSA) is 97.6 Å². The Labute approximate surface area is 122 Å². The maximum absolute atomic E-state index is 12.1. The fourth-order valence-corrected chi connectivity index (χ4v) is 2.37. The van der Waals surface area contributed by atoms with Crippen molar-refractivity contribution >= 4 is 17.6 Å². The number of nitrogens with one attached hydrogen (secondary N) is 1. The number of hydrogen-bond donors (Lipinski definition) is 2. The molecule has 2 amide bonds. The Kier molecular flexibility index (Phi) is 4.37. The number of rotatable bonds is 5. The van der Waals surface area contributed by atoms with E-state index in [-0.39, 0.29) is 24.0 Å². The minimum atomic E-state index is -0.802. The van der Waals surface area contributed by atoms with Gasteiger partial charge in [0.15, 0.2) is 5.78 Å². The molecule has 0 unspecified atom stereocenters. The first kappa shape index (κ1) is 15.2. The summed E-state index contributed by atoms with van der Waals surface area (Å²) in [7, 11) is 1.53. The molecule has 1 radical (unpaired) electrons. The molecule has 2 N–H and O–H groups in total. The third kappa shape index (κ3) is 3.11. The molecule has 0 aromatic heterocycles. The maximum Gasteiger partial charge on any atom is 0.251 e. The van der Waals surface area contributed by atoms with E-state index >= 15 is 0 Å². The van der Waals surface area contributed by atoms with Gasteiger partial charge in [-0.1, -0.05) is 12.1 Å². The predicted octanol–water partition coefficient (Wildman–Crippen LogP) is 0.129. The largest absolute Gasteiger partial charge is 0.393 e. The molecule has 111 valence electrons. The zero-order chi connectivity index (χ0) is 15.6. The molecule has 2 rings (SSSR count). The van der Waals surface area contributed by atoms with Crippen molar-refractivity contribution in [3.63, 3.8) is 0 Å². The van der Waals surface area contributed by atoms with Crippen molar-refractivity contribution in [3.8, 4) is 0 Å². The monoisotopic (exact) mass is 289 g/mol. The van der Waals surface area contributed by atoms with E-state index in [4.69, 9.17) is 0 Å². The molecule has 0 bridgehead atoms. The van der Waals surface area contributed by atoms with E-state index in [1.807, 2.05) is 0 Å². The Hall–Kier alpha value is -2.21. The first-order chi connectivity index (χ1) is 9.93. The third-order valence-electron chi connectivity index (χ3n) is 3.60. The highest BCUT2D eigenvalue weighted by molar-refractivity contribution is 6.00. The number of β-lactam (4-membered cyclic amide) rings is 1. The van der Waals surface area contributed by atoms with Crippen molar-refractivity contribution in [1.82, 2.24) is 10.6 Å². The molecule has 21 heavy (non-hydrogen) atoms. The van der Waals surface area contributed by atoms with Gasteiger partial charge in [-0.15, -0.1) is 0 Å². The number of aliphatic hydroxyl groups is 1. The van der Waals surface area contributed by atoms with E-state index in [0.717, 1.165) is 0 Å². The molecule has 6 heteroatoms. The molecule has 1 aromatic carbocycles. The van der Waals surface area contributed by atoms with Crippen LogP contribution in [-0.2, 0) is 4.79 Å². The second-order valence-electron chi connectivity index (χ2n) is 5.08. The zero-order valence-electron chi connectivity index (χ0n) is 11.9. The number of benzene rings is 1. The molecular formula is C15H17N2O4. The van der Waals surface area contributed by atoms with Crippen molar-refractivity contribution in [2.75, 3.05) is 7.05 Å². The number of amides is 2. The number of nitrogens with zero attached hydrogens (tertiary/aromatic N) is 1. The fraction of sp³-hybridized carbons (Fsp3) is 0.400. The van der Waals surface area contributed by atoms with Crippen LogP contribution in [0.15, 0.2) is 24.3 Å². The number of aliphatic hydroxyl groups excluding tert-OH is 1. The van der Waals surface area contributed by atoms with Crippen molar-refractivity contribution in [1.29, 1.82) is 0 Å². The Morgan fingerprint density at radius 3 is 2.33 bits per heavy atom. The van der Waals surface area contributed by atoms with Crippen molar-refractivity contribution in [2.24, 2.45) is 5.92 Å². The van der Waals surface area contributed by atoms with Crippen LogP contribution in [-0.4, -0.2) is 41.9 Å². The molecular weight excluding hydrogens is 272 g/mol. The molecule has 1 heterocycles. The van der Waals surface area contributed by atoms with Crippen LogP contribution < -0.4 is 10.6 Å². The van der Waals surface area contributed by atoms with Gasteiger partial charge in [0.1, 0.15) is 0 Å². The molecule has 6 nitrogen and oxygen atoms in total. The summed E-state index contributed by atoms with van der Waals surface area (Å²) >= 11 is 0. The van der Waals surface area contributed by atoms with Crippen LogP contribution >= 0.6 is 0 Å². The average Bonchev–Trinajstić information content (AvgIpc) is 2.45. The van der Waals surface area contributed by atoms with Gasteiger partial charge >= 0.3 is 0 Å². The van der Waals surface area contributed by atoms with Crippen molar-refractivity contribution in [3.05, 3.63) is 35.4 Å². The Bertz CT molecular complexity index is 566. The van der Waals surface area contributed by atoms with Crippen molar-refractivity contribution < 1.29 is 19.5 Å². The van der Waals surface area contributed by atoms with Gasteiger partial charge in [-0.05, 0) is 19.1 Å². The van der Waals surface area contributed by atoms with Gasteiger partial charge in [0.2, 0.25) is 5.91 Å². The first-order valence-corrected chi connectivity index (χ1v) is 6.72. The molecule has 0 saturated carbocycles. The number of carbonyl (C=O) groups is 3. The van der Waals surface area contributed by atoms with Gasteiger partial charge in [0, 0.05) is 24.6 Å². The lowest BCUT2D eigenvalue weighted by atomic mass is 9.82. The van der Waals surface area contributed by atoms with Crippen LogP contribution in [0.1, 0.15) is 34.1 Å². The van der Waals surface area contributed by atoms with Gasteiger partial charge in [-0.25, -0.2) is 5.32 Å². The molecule has 1 saturated heterocycles. The van der Waals surface area contributed by atoms with Gasteiger partial charge in [-0.3, -0.25) is 14.4 Å². The van der Waals surface area contributed by atoms with Crippen LogP contribution in [0.2, 0.25) is 0 Å². The second-order valence-corrected chi connectivity index (χ2v) is 5.08.